The Morgan fingerprint density at radius 3 is 2.81 bits per heavy atom. The Morgan fingerprint density at radius 2 is 2.08 bits per heavy atom. The molecule has 26 heavy (non-hydrogen) atoms. The first-order valence-corrected chi connectivity index (χ1v) is 9.57. The number of nitrogens with one attached hydrogen (secondary N) is 1. The molecule has 3 rings (SSSR count). The molecular weight excluding hydrogens is 352 g/mol. The number of benzene rings is 1. The molecule has 1 fully saturated rings. The molecule has 0 radical (unpaired) electrons. The molecule has 0 aliphatic heterocycles. The molecule has 2 N–H and O–H groups in total. The maximum atomic E-state index is 12.2. The van der Waals surface area contributed by atoms with Gasteiger partial charge in [-0.1, -0.05) is 36.6 Å². The molecule has 6 heteroatoms. The number of oxazole rings is 1. The van der Waals surface area contributed by atoms with Gasteiger partial charge in [0, 0.05) is 31.6 Å². The molecule has 0 atom stereocenters. The van der Waals surface area contributed by atoms with Crippen molar-refractivity contribution in [3.63, 3.8) is 0 Å². The zero-order chi connectivity index (χ0) is 18.4. The van der Waals surface area contributed by atoms with E-state index in [0.717, 1.165) is 24.8 Å². The smallest absolute Gasteiger partial charge is 0.220 e. The number of hydrogen-bond donors (Lipinski definition) is 2. The molecule has 5 nitrogen and oxygen atoms in total. The Morgan fingerprint density at radius 1 is 1.31 bits per heavy atom. The lowest BCUT2D eigenvalue weighted by Crippen LogP contribution is -2.36. The number of carbonyl (C=O) groups is 1. The molecule has 0 unspecified atom stereocenters. The number of aliphatic hydroxyl groups is 1. The predicted octanol–water partition coefficient (Wildman–Crippen LogP) is 3.99. The van der Waals surface area contributed by atoms with Gasteiger partial charge in [0.15, 0.2) is 11.7 Å². The van der Waals surface area contributed by atoms with Gasteiger partial charge in [0.05, 0.1) is 11.2 Å². The summed E-state index contributed by atoms with van der Waals surface area (Å²) in [6.07, 6.45) is 7.69. The summed E-state index contributed by atoms with van der Waals surface area (Å²) in [5.74, 6) is 1.13. The van der Waals surface area contributed by atoms with Crippen molar-refractivity contribution in [1.29, 1.82) is 0 Å². The van der Waals surface area contributed by atoms with E-state index in [0.29, 0.717) is 36.1 Å². The van der Waals surface area contributed by atoms with Crippen LogP contribution in [0.4, 0.5) is 0 Å². The van der Waals surface area contributed by atoms with Gasteiger partial charge < -0.3 is 14.8 Å². The van der Waals surface area contributed by atoms with Gasteiger partial charge in [-0.2, -0.15) is 0 Å². The van der Waals surface area contributed by atoms with Crippen LogP contribution in [-0.4, -0.2) is 29.1 Å². The van der Waals surface area contributed by atoms with E-state index in [1.165, 1.54) is 12.8 Å². The molecule has 1 aromatic carbocycles. The first kappa shape index (κ1) is 18.9. The number of amides is 1. The highest BCUT2D eigenvalue weighted by Crippen LogP contribution is 2.40. The fourth-order valence-electron chi connectivity index (χ4n) is 3.68. The van der Waals surface area contributed by atoms with E-state index in [1.807, 2.05) is 18.2 Å². The number of hydrogen-bond acceptors (Lipinski definition) is 4. The first-order valence-electron chi connectivity index (χ1n) is 9.19. The van der Waals surface area contributed by atoms with E-state index in [4.69, 9.17) is 16.0 Å². The normalized spacial score (nSPS) is 15.9. The van der Waals surface area contributed by atoms with E-state index in [-0.39, 0.29) is 17.9 Å². The van der Waals surface area contributed by atoms with Crippen molar-refractivity contribution in [1.82, 2.24) is 10.3 Å². The van der Waals surface area contributed by atoms with Gasteiger partial charge in [-0.3, -0.25) is 4.79 Å². The average Bonchev–Trinajstić information content (AvgIpc) is 3.29. The van der Waals surface area contributed by atoms with Crippen LogP contribution in [0.3, 0.4) is 0 Å². The van der Waals surface area contributed by atoms with Gasteiger partial charge in [-0.25, -0.2) is 4.98 Å². The Kier molecular flexibility index (Phi) is 6.33. The SMILES string of the molecule is O=C(CCc1ncc(-c2ccccc2Cl)o1)NCC1(CCO)CCCC1. The standard InChI is InChI=1S/C20H25ClN2O3/c21-16-6-2-1-5-15(16)17-13-22-19(26-17)8-7-18(25)23-14-20(11-12-24)9-3-4-10-20/h1-2,5-6,13,24H,3-4,7-12,14H2,(H,23,25). The molecule has 0 spiro atoms. The monoisotopic (exact) mass is 376 g/mol. The third kappa shape index (κ3) is 4.65. The van der Waals surface area contributed by atoms with Gasteiger partial charge in [0.25, 0.3) is 0 Å². The highest BCUT2D eigenvalue weighted by molar-refractivity contribution is 6.33. The second-order valence-corrected chi connectivity index (χ2v) is 7.46. The van der Waals surface area contributed by atoms with Crippen molar-refractivity contribution in [2.75, 3.05) is 13.2 Å². The topological polar surface area (TPSA) is 75.4 Å². The van der Waals surface area contributed by atoms with Crippen molar-refractivity contribution in [2.45, 2.75) is 44.9 Å². The van der Waals surface area contributed by atoms with Gasteiger partial charge in [-0.15, -0.1) is 0 Å². The van der Waals surface area contributed by atoms with E-state index in [2.05, 4.69) is 10.3 Å². The largest absolute Gasteiger partial charge is 0.441 e. The average molecular weight is 377 g/mol. The summed E-state index contributed by atoms with van der Waals surface area (Å²) in [5.41, 5.74) is 0.870. The Labute approximate surface area is 158 Å². The van der Waals surface area contributed by atoms with Crippen LogP contribution in [0.25, 0.3) is 11.3 Å². The van der Waals surface area contributed by atoms with Gasteiger partial charge in [0.1, 0.15) is 0 Å². The summed E-state index contributed by atoms with van der Waals surface area (Å²) in [6.45, 7) is 0.819. The van der Waals surface area contributed by atoms with Gasteiger partial charge in [0.2, 0.25) is 5.91 Å². The lowest BCUT2D eigenvalue weighted by molar-refractivity contribution is -0.121. The van der Waals surface area contributed by atoms with Crippen molar-refractivity contribution >= 4 is 17.5 Å². The van der Waals surface area contributed by atoms with Crippen molar-refractivity contribution in [2.24, 2.45) is 5.41 Å². The minimum atomic E-state index is -0.00768. The fourth-order valence-corrected chi connectivity index (χ4v) is 3.91. The molecule has 140 valence electrons. The number of nitrogens with zero attached hydrogens (tertiary/aromatic N) is 1. The molecule has 1 aliphatic carbocycles. The molecule has 1 heterocycles. The number of aliphatic hydroxyl groups excluding tert-OH is 1. The van der Waals surface area contributed by atoms with Crippen LogP contribution in [-0.2, 0) is 11.2 Å². The highest BCUT2D eigenvalue weighted by atomic mass is 35.5. The fraction of sp³-hybridized carbons (Fsp3) is 0.500. The van der Waals surface area contributed by atoms with Crippen molar-refractivity contribution in [3.8, 4) is 11.3 Å². The predicted molar refractivity (Wildman–Crippen MR) is 101 cm³/mol. The summed E-state index contributed by atoms with van der Waals surface area (Å²) in [6, 6.07) is 7.43. The van der Waals surface area contributed by atoms with Gasteiger partial charge >= 0.3 is 0 Å². The van der Waals surface area contributed by atoms with E-state index in [1.54, 1.807) is 12.3 Å². The molecule has 1 saturated carbocycles. The Balaban J connectivity index is 1.50. The maximum absolute atomic E-state index is 12.2. The van der Waals surface area contributed by atoms with E-state index >= 15 is 0 Å². The molecule has 0 saturated heterocycles. The maximum Gasteiger partial charge on any atom is 0.220 e. The van der Waals surface area contributed by atoms with Crippen LogP contribution in [0.2, 0.25) is 5.02 Å². The lowest BCUT2D eigenvalue weighted by Gasteiger charge is -2.28. The minimum absolute atomic E-state index is 0.00768. The van der Waals surface area contributed by atoms with Crippen LogP contribution < -0.4 is 5.32 Å². The number of aromatic nitrogens is 1. The number of carbonyl (C=O) groups excluding carboxylic acids is 1. The third-order valence-corrected chi connectivity index (χ3v) is 5.56. The molecule has 1 amide bonds. The van der Waals surface area contributed by atoms with Crippen molar-refractivity contribution in [3.05, 3.63) is 41.4 Å². The molecular formula is C20H25ClN2O3. The summed E-state index contributed by atoms with van der Waals surface area (Å²) < 4.78 is 5.73. The van der Waals surface area contributed by atoms with Crippen molar-refractivity contribution < 1.29 is 14.3 Å². The Bertz CT molecular complexity index is 738. The lowest BCUT2D eigenvalue weighted by atomic mass is 9.83. The number of rotatable bonds is 8. The second kappa shape index (κ2) is 8.69. The molecule has 2 aromatic rings. The first-order chi connectivity index (χ1) is 12.6. The summed E-state index contributed by atoms with van der Waals surface area (Å²) in [4.78, 5) is 16.4. The number of aryl methyl sites for hydroxylation is 1. The zero-order valence-corrected chi connectivity index (χ0v) is 15.6. The second-order valence-electron chi connectivity index (χ2n) is 7.06. The zero-order valence-electron chi connectivity index (χ0n) is 14.8. The summed E-state index contributed by atoms with van der Waals surface area (Å²) in [7, 11) is 0. The number of halogens is 1. The van der Waals surface area contributed by atoms with Crippen LogP contribution in [0, 0.1) is 5.41 Å². The van der Waals surface area contributed by atoms with Crippen LogP contribution in [0.1, 0.15) is 44.4 Å². The molecule has 1 aromatic heterocycles. The minimum Gasteiger partial charge on any atom is -0.441 e. The summed E-state index contributed by atoms with van der Waals surface area (Å²) >= 11 is 6.17. The molecule has 0 bridgehead atoms. The van der Waals surface area contributed by atoms with Gasteiger partial charge in [-0.05, 0) is 36.8 Å². The molecule has 1 aliphatic rings. The van der Waals surface area contributed by atoms with Crippen LogP contribution >= 0.6 is 11.6 Å². The van der Waals surface area contributed by atoms with Crippen LogP contribution in [0.5, 0.6) is 0 Å². The Hall–Kier alpha value is -1.85. The van der Waals surface area contributed by atoms with Crippen LogP contribution in [0.15, 0.2) is 34.9 Å². The highest BCUT2D eigenvalue weighted by Gasteiger charge is 2.33. The quantitative estimate of drug-likeness (QED) is 0.730. The van der Waals surface area contributed by atoms with E-state index in [9.17, 15) is 9.90 Å². The van der Waals surface area contributed by atoms with E-state index < -0.39 is 0 Å². The third-order valence-electron chi connectivity index (χ3n) is 5.23. The summed E-state index contributed by atoms with van der Waals surface area (Å²) in [5, 5.41) is 12.9.